The van der Waals surface area contributed by atoms with Crippen molar-refractivity contribution in [2.45, 2.75) is 12.0 Å². The van der Waals surface area contributed by atoms with Gasteiger partial charge in [0.25, 0.3) is 0 Å². The Bertz CT molecular complexity index is 538. The molecule has 2 aromatic rings. The van der Waals surface area contributed by atoms with Gasteiger partial charge in [-0.2, -0.15) is 0 Å². The lowest BCUT2D eigenvalue weighted by Crippen LogP contribution is -2.37. The van der Waals surface area contributed by atoms with E-state index >= 15 is 0 Å². The highest BCUT2D eigenvalue weighted by atomic mass is 19.1. The molecule has 0 aliphatic carbocycles. The van der Waals surface area contributed by atoms with Crippen molar-refractivity contribution in [2.75, 3.05) is 6.67 Å². The Balaban J connectivity index is 2.47. The highest BCUT2D eigenvalue weighted by Crippen LogP contribution is 2.27. The van der Waals surface area contributed by atoms with Gasteiger partial charge in [-0.1, -0.05) is 18.2 Å². The highest BCUT2D eigenvalue weighted by molar-refractivity contribution is 5.85. The number of aromatic nitrogens is 1. The molecule has 1 aromatic carbocycles. The standard InChI is InChI=1S/C12H13FN2O2/c13-5-8(11(14)12(16)17)9-6-15-10-4-2-1-3-7(9)10/h1-4,6,8,11,15H,5,14H2,(H,16,17). The van der Waals surface area contributed by atoms with Crippen molar-refractivity contribution < 1.29 is 14.3 Å². The quantitative estimate of drug-likeness (QED) is 0.754. The molecular formula is C12H13FN2O2. The maximum absolute atomic E-state index is 13.0. The molecule has 2 atom stereocenters. The fourth-order valence-electron chi connectivity index (χ4n) is 1.95. The van der Waals surface area contributed by atoms with E-state index in [-0.39, 0.29) is 0 Å². The van der Waals surface area contributed by atoms with E-state index in [1.165, 1.54) is 0 Å². The summed E-state index contributed by atoms with van der Waals surface area (Å²) < 4.78 is 13.0. The maximum Gasteiger partial charge on any atom is 0.321 e. The van der Waals surface area contributed by atoms with Gasteiger partial charge in [-0.05, 0) is 11.6 Å². The lowest BCUT2D eigenvalue weighted by Gasteiger charge is -2.16. The third kappa shape index (κ3) is 2.01. The van der Waals surface area contributed by atoms with Crippen molar-refractivity contribution in [1.29, 1.82) is 0 Å². The molecule has 17 heavy (non-hydrogen) atoms. The summed E-state index contributed by atoms with van der Waals surface area (Å²) in [5.41, 5.74) is 6.96. The fourth-order valence-corrected chi connectivity index (χ4v) is 1.95. The maximum atomic E-state index is 13.0. The first-order valence-corrected chi connectivity index (χ1v) is 5.25. The lowest BCUT2D eigenvalue weighted by molar-refractivity contribution is -0.139. The third-order valence-electron chi connectivity index (χ3n) is 2.91. The summed E-state index contributed by atoms with van der Waals surface area (Å²) in [6.07, 6.45) is 1.62. The zero-order valence-electron chi connectivity index (χ0n) is 9.06. The first-order chi connectivity index (χ1) is 8.15. The number of carboxylic acid groups (broad SMARTS) is 1. The van der Waals surface area contributed by atoms with E-state index in [0.717, 1.165) is 10.9 Å². The molecule has 5 heteroatoms. The molecule has 2 rings (SSSR count). The molecule has 0 spiro atoms. The third-order valence-corrected chi connectivity index (χ3v) is 2.91. The van der Waals surface area contributed by atoms with Crippen molar-refractivity contribution in [1.82, 2.24) is 4.98 Å². The van der Waals surface area contributed by atoms with Gasteiger partial charge < -0.3 is 15.8 Å². The molecule has 0 bridgehead atoms. The van der Waals surface area contributed by atoms with Crippen molar-refractivity contribution >= 4 is 16.9 Å². The predicted molar refractivity (Wildman–Crippen MR) is 62.6 cm³/mol. The van der Waals surface area contributed by atoms with Gasteiger partial charge >= 0.3 is 5.97 Å². The zero-order valence-corrected chi connectivity index (χ0v) is 9.06. The first kappa shape index (κ1) is 11.6. The van der Waals surface area contributed by atoms with Crippen LogP contribution < -0.4 is 5.73 Å². The Morgan fingerprint density at radius 1 is 1.47 bits per heavy atom. The number of nitrogens with one attached hydrogen (secondary N) is 1. The number of aromatic amines is 1. The van der Waals surface area contributed by atoms with Crippen LogP contribution in [-0.2, 0) is 4.79 Å². The van der Waals surface area contributed by atoms with E-state index in [1.54, 1.807) is 6.20 Å². The molecule has 90 valence electrons. The minimum absolute atomic E-state index is 0.609. The van der Waals surface area contributed by atoms with Crippen LogP contribution in [0.5, 0.6) is 0 Å². The topological polar surface area (TPSA) is 79.1 Å². The molecule has 4 N–H and O–H groups in total. The Hall–Kier alpha value is -1.88. The van der Waals surface area contributed by atoms with Gasteiger partial charge in [-0.15, -0.1) is 0 Å². The highest BCUT2D eigenvalue weighted by Gasteiger charge is 2.27. The summed E-state index contributed by atoms with van der Waals surface area (Å²) in [5.74, 6) is -2.03. The predicted octanol–water partition coefficient (Wildman–Crippen LogP) is 1.63. The zero-order chi connectivity index (χ0) is 12.4. The average Bonchev–Trinajstić information content (AvgIpc) is 2.74. The van der Waals surface area contributed by atoms with E-state index in [1.807, 2.05) is 24.3 Å². The Morgan fingerprint density at radius 3 is 2.82 bits per heavy atom. The van der Waals surface area contributed by atoms with Gasteiger partial charge in [0.05, 0.1) is 6.67 Å². The molecule has 4 nitrogen and oxygen atoms in total. The molecule has 0 fully saturated rings. The molecule has 1 aromatic heterocycles. The largest absolute Gasteiger partial charge is 0.480 e. The van der Waals surface area contributed by atoms with Crippen LogP contribution in [0.1, 0.15) is 11.5 Å². The van der Waals surface area contributed by atoms with Gasteiger partial charge in [0.15, 0.2) is 0 Å². The van der Waals surface area contributed by atoms with Crippen LogP contribution in [0.15, 0.2) is 30.5 Å². The molecule has 0 aliphatic heterocycles. The van der Waals surface area contributed by atoms with Gasteiger partial charge in [-0.3, -0.25) is 9.18 Å². The number of carboxylic acids is 1. The number of hydrogen-bond acceptors (Lipinski definition) is 2. The number of para-hydroxylation sites is 1. The van der Waals surface area contributed by atoms with Crippen molar-refractivity contribution in [2.24, 2.45) is 5.73 Å². The molecule has 1 heterocycles. The van der Waals surface area contributed by atoms with E-state index < -0.39 is 24.6 Å². The second-order valence-corrected chi connectivity index (χ2v) is 3.91. The van der Waals surface area contributed by atoms with Crippen molar-refractivity contribution in [3.63, 3.8) is 0 Å². The van der Waals surface area contributed by atoms with Crippen LogP contribution in [0.2, 0.25) is 0 Å². The van der Waals surface area contributed by atoms with Crippen LogP contribution in [0.4, 0.5) is 4.39 Å². The Kier molecular flexibility index (Phi) is 3.10. The normalized spacial score (nSPS) is 14.7. The van der Waals surface area contributed by atoms with Crippen LogP contribution in [-0.4, -0.2) is 28.8 Å². The molecule has 0 saturated carbocycles. The van der Waals surface area contributed by atoms with Gasteiger partial charge in [0.2, 0.25) is 0 Å². The second-order valence-electron chi connectivity index (χ2n) is 3.91. The van der Waals surface area contributed by atoms with Crippen LogP contribution in [0.3, 0.4) is 0 Å². The van der Waals surface area contributed by atoms with Gasteiger partial charge in [0.1, 0.15) is 6.04 Å². The number of carbonyl (C=O) groups is 1. The van der Waals surface area contributed by atoms with E-state index in [9.17, 15) is 9.18 Å². The Morgan fingerprint density at radius 2 is 2.18 bits per heavy atom. The fraction of sp³-hybridized carbons (Fsp3) is 0.250. The number of nitrogens with two attached hydrogens (primary N) is 1. The van der Waals surface area contributed by atoms with Gasteiger partial charge in [0, 0.05) is 23.0 Å². The Labute approximate surface area is 97.2 Å². The molecule has 0 radical (unpaired) electrons. The molecule has 0 aliphatic rings. The number of alkyl halides is 1. The van der Waals surface area contributed by atoms with Crippen molar-refractivity contribution in [3.8, 4) is 0 Å². The summed E-state index contributed by atoms with van der Waals surface area (Å²) >= 11 is 0. The summed E-state index contributed by atoms with van der Waals surface area (Å²) in [7, 11) is 0. The van der Waals surface area contributed by atoms with Gasteiger partial charge in [-0.25, -0.2) is 0 Å². The molecular weight excluding hydrogens is 223 g/mol. The van der Waals surface area contributed by atoms with E-state index in [0.29, 0.717) is 5.56 Å². The van der Waals surface area contributed by atoms with Crippen LogP contribution in [0.25, 0.3) is 10.9 Å². The smallest absolute Gasteiger partial charge is 0.321 e. The first-order valence-electron chi connectivity index (χ1n) is 5.25. The van der Waals surface area contributed by atoms with Crippen LogP contribution >= 0.6 is 0 Å². The van der Waals surface area contributed by atoms with Crippen LogP contribution in [0, 0.1) is 0 Å². The monoisotopic (exact) mass is 236 g/mol. The van der Waals surface area contributed by atoms with E-state index in [2.05, 4.69) is 4.98 Å². The molecule has 2 unspecified atom stereocenters. The number of fused-ring (bicyclic) bond motifs is 1. The summed E-state index contributed by atoms with van der Waals surface area (Å²) in [6, 6.07) is 6.10. The lowest BCUT2D eigenvalue weighted by atomic mass is 9.93. The number of rotatable bonds is 4. The summed E-state index contributed by atoms with van der Waals surface area (Å²) in [5, 5.41) is 9.66. The number of benzene rings is 1. The minimum atomic E-state index is -1.24. The molecule has 0 saturated heterocycles. The number of hydrogen-bond donors (Lipinski definition) is 3. The molecule has 0 amide bonds. The number of H-pyrrole nitrogens is 1. The minimum Gasteiger partial charge on any atom is -0.480 e. The number of aliphatic carboxylic acids is 1. The summed E-state index contributed by atoms with van der Waals surface area (Å²) in [6.45, 7) is -0.796. The SMILES string of the molecule is NC(C(=O)O)C(CF)c1c[nH]c2ccccc12. The summed E-state index contributed by atoms with van der Waals surface area (Å²) in [4.78, 5) is 13.8. The second kappa shape index (κ2) is 4.55. The number of halogens is 1. The average molecular weight is 236 g/mol. The van der Waals surface area contributed by atoms with Crippen molar-refractivity contribution in [3.05, 3.63) is 36.0 Å². The van der Waals surface area contributed by atoms with E-state index in [4.69, 9.17) is 10.8 Å².